The number of benzene rings is 1. The van der Waals surface area contributed by atoms with Crippen LogP contribution < -0.4 is 10.2 Å². The number of hydrogen-bond donors (Lipinski definition) is 2. The van der Waals surface area contributed by atoms with Gasteiger partial charge in [0.1, 0.15) is 0 Å². The Hall–Kier alpha value is -0.820. The molecule has 0 aromatic heterocycles. The van der Waals surface area contributed by atoms with Crippen LogP contribution in [-0.2, 0) is 6.42 Å². The van der Waals surface area contributed by atoms with Gasteiger partial charge in [0.05, 0.1) is 6.10 Å². The van der Waals surface area contributed by atoms with E-state index in [9.17, 15) is 5.11 Å². The SMILES string of the molecule is CN=C(NCC1CCCC1O)N1CCc2ccccc21.I. The van der Waals surface area contributed by atoms with Gasteiger partial charge in [-0.3, -0.25) is 4.99 Å². The topological polar surface area (TPSA) is 47.9 Å². The first-order valence-corrected chi connectivity index (χ1v) is 7.53. The molecular formula is C16H24IN3O. The van der Waals surface area contributed by atoms with Crippen LogP contribution in [0.1, 0.15) is 24.8 Å². The van der Waals surface area contributed by atoms with E-state index in [-0.39, 0.29) is 30.1 Å². The van der Waals surface area contributed by atoms with Crippen molar-refractivity contribution < 1.29 is 5.11 Å². The van der Waals surface area contributed by atoms with Crippen LogP contribution in [0.3, 0.4) is 0 Å². The summed E-state index contributed by atoms with van der Waals surface area (Å²) in [6.45, 7) is 1.79. The Morgan fingerprint density at radius 1 is 1.38 bits per heavy atom. The second-order valence-corrected chi connectivity index (χ2v) is 5.72. The van der Waals surface area contributed by atoms with Crippen molar-refractivity contribution in [2.45, 2.75) is 31.8 Å². The number of para-hydroxylation sites is 1. The molecule has 4 nitrogen and oxygen atoms in total. The van der Waals surface area contributed by atoms with E-state index >= 15 is 0 Å². The summed E-state index contributed by atoms with van der Waals surface area (Å²) in [6, 6.07) is 8.50. The maximum Gasteiger partial charge on any atom is 0.198 e. The van der Waals surface area contributed by atoms with Gasteiger partial charge in [0.2, 0.25) is 0 Å². The van der Waals surface area contributed by atoms with Gasteiger partial charge in [-0.15, -0.1) is 24.0 Å². The minimum absolute atomic E-state index is 0. The highest BCUT2D eigenvalue weighted by Gasteiger charge is 2.27. The highest BCUT2D eigenvalue weighted by molar-refractivity contribution is 14.0. The minimum Gasteiger partial charge on any atom is -0.393 e. The summed E-state index contributed by atoms with van der Waals surface area (Å²) in [5.41, 5.74) is 2.64. The molecule has 1 fully saturated rings. The molecule has 21 heavy (non-hydrogen) atoms. The highest BCUT2D eigenvalue weighted by atomic mass is 127. The molecule has 5 heteroatoms. The van der Waals surface area contributed by atoms with Crippen LogP contribution in [0.15, 0.2) is 29.3 Å². The largest absolute Gasteiger partial charge is 0.393 e. The molecule has 1 heterocycles. The van der Waals surface area contributed by atoms with Crippen LogP contribution >= 0.6 is 24.0 Å². The first kappa shape index (κ1) is 16.5. The van der Waals surface area contributed by atoms with Crippen molar-refractivity contribution in [3.63, 3.8) is 0 Å². The third-order valence-electron chi connectivity index (χ3n) is 4.50. The molecule has 1 aromatic rings. The summed E-state index contributed by atoms with van der Waals surface area (Å²) >= 11 is 0. The number of rotatable bonds is 2. The van der Waals surface area contributed by atoms with Crippen LogP contribution in [0, 0.1) is 5.92 Å². The van der Waals surface area contributed by atoms with Crippen molar-refractivity contribution in [1.82, 2.24) is 5.32 Å². The molecule has 2 unspecified atom stereocenters. The predicted octanol–water partition coefficient (Wildman–Crippen LogP) is 2.40. The maximum atomic E-state index is 9.90. The molecular weight excluding hydrogens is 377 g/mol. The lowest BCUT2D eigenvalue weighted by Crippen LogP contribution is -2.43. The van der Waals surface area contributed by atoms with E-state index < -0.39 is 0 Å². The Morgan fingerprint density at radius 3 is 2.90 bits per heavy atom. The summed E-state index contributed by atoms with van der Waals surface area (Å²) < 4.78 is 0. The molecule has 0 saturated heterocycles. The van der Waals surface area contributed by atoms with Gasteiger partial charge in [-0.25, -0.2) is 0 Å². The van der Waals surface area contributed by atoms with Crippen LogP contribution in [-0.4, -0.2) is 37.3 Å². The van der Waals surface area contributed by atoms with Crippen LogP contribution in [0.2, 0.25) is 0 Å². The average Bonchev–Trinajstić information content (AvgIpc) is 3.07. The Kier molecular flexibility index (Phi) is 5.87. The quantitative estimate of drug-likeness (QED) is 0.455. The molecule has 2 atom stereocenters. The van der Waals surface area contributed by atoms with Gasteiger partial charge in [-0.05, 0) is 30.9 Å². The summed E-state index contributed by atoms with van der Waals surface area (Å²) in [5, 5.41) is 13.3. The number of aliphatic hydroxyl groups excluding tert-OH is 1. The summed E-state index contributed by atoms with van der Waals surface area (Å²) in [5.74, 6) is 1.29. The first-order valence-electron chi connectivity index (χ1n) is 7.53. The van der Waals surface area contributed by atoms with Gasteiger partial charge >= 0.3 is 0 Å². The van der Waals surface area contributed by atoms with Crippen molar-refractivity contribution in [3.8, 4) is 0 Å². The van der Waals surface area contributed by atoms with E-state index in [1.807, 2.05) is 7.05 Å². The van der Waals surface area contributed by atoms with E-state index in [1.165, 1.54) is 11.3 Å². The zero-order valence-corrected chi connectivity index (χ0v) is 14.8. The lowest BCUT2D eigenvalue weighted by atomic mass is 10.1. The summed E-state index contributed by atoms with van der Waals surface area (Å²) in [6.07, 6.45) is 4.12. The van der Waals surface area contributed by atoms with Crippen LogP contribution in [0.25, 0.3) is 0 Å². The standard InChI is InChI=1S/C16H23N3O.HI/c1-17-16(18-11-13-6-4-8-15(13)20)19-10-9-12-5-2-3-7-14(12)19;/h2-3,5,7,13,15,20H,4,6,8-11H2,1H3,(H,17,18);1H. The second-order valence-electron chi connectivity index (χ2n) is 5.72. The van der Waals surface area contributed by atoms with Crippen molar-refractivity contribution in [1.29, 1.82) is 0 Å². The normalized spacial score (nSPS) is 24.7. The molecule has 1 saturated carbocycles. The number of anilines is 1. The second kappa shape index (κ2) is 7.45. The number of aliphatic imine (C=N–C) groups is 1. The minimum atomic E-state index is -0.147. The Bertz CT molecular complexity index is 506. The Labute approximate surface area is 143 Å². The molecule has 3 rings (SSSR count). The van der Waals surface area contributed by atoms with Gasteiger partial charge in [-0.1, -0.05) is 24.6 Å². The Balaban J connectivity index is 0.00000161. The monoisotopic (exact) mass is 401 g/mol. The Morgan fingerprint density at radius 2 is 2.19 bits per heavy atom. The average molecular weight is 401 g/mol. The lowest BCUT2D eigenvalue weighted by Gasteiger charge is -2.24. The molecule has 0 amide bonds. The molecule has 0 spiro atoms. The van der Waals surface area contributed by atoms with E-state index in [4.69, 9.17) is 0 Å². The summed E-state index contributed by atoms with van der Waals surface area (Å²) in [7, 11) is 1.83. The highest BCUT2D eigenvalue weighted by Crippen LogP contribution is 2.28. The predicted molar refractivity (Wildman–Crippen MR) is 97.6 cm³/mol. The molecule has 0 bridgehead atoms. The van der Waals surface area contributed by atoms with Gasteiger partial charge in [0, 0.05) is 31.7 Å². The van der Waals surface area contributed by atoms with E-state index in [2.05, 4.69) is 39.5 Å². The fourth-order valence-electron chi connectivity index (χ4n) is 3.33. The van der Waals surface area contributed by atoms with E-state index in [0.717, 1.165) is 44.7 Å². The number of fused-ring (bicyclic) bond motifs is 1. The van der Waals surface area contributed by atoms with Gasteiger partial charge in [-0.2, -0.15) is 0 Å². The van der Waals surface area contributed by atoms with Gasteiger partial charge in [0.25, 0.3) is 0 Å². The van der Waals surface area contributed by atoms with Crippen LogP contribution in [0.4, 0.5) is 5.69 Å². The maximum absolute atomic E-state index is 9.90. The zero-order chi connectivity index (χ0) is 13.9. The van der Waals surface area contributed by atoms with Crippen molar-refractivity contribution >= 4 is 35.6 Å². The van der Waals surface area contributed by atoms with E-state index in [0.29, 0.717) is 5.92 Å². The number of nitrogens with one attached hydrogen (secondary N) is 1. The number of nitrogens with zero attached hydrogens (tertiary/aromatic N) is 2. The third-order valence-corrected chi connectivity index (χ3v) is 4.50. The molecule has 1 aromatic carbocycles. The molecule has 1 aliphatic carbocycles. The van der Waals surface area contributed by atoms with Crippen molar-refractivity contribution in [2.24, 2.45) is 10.9 Å². The fourth-order valence-corrected chi connectivity index (χ4v) is 3.33. The number of aliphatic hydroxyl groups is 1. The van der Waals surface area contributed by atoms with Crippen molar-refractivity contribution in [3.05, 3.63) is 29.8 Å². The number of guanidine groups is 1. The molecule has 116 valence electrons. The molecule has 1 aliphatic heterocycles. The fraction of sp³-hybridized carbons (Fsp3) is 0.562. The smallest absolute Gasteiger partial charge is 0.198 e. The molecule has 2 N–H and O–H groups in total. The third kappa shape index (κ3) is 3.51. The van der Waals surface area contributed by atoms with Gasteiger partial charge in [0.15, 0.2) is 5.96 Å². The van der Waals surface area contributed by atoms with Crippen LogP contribution in [0.5, 0.6) is 0 Å². The zero-order valence-electron chi connectivity index (χ0n) is 12.5. The van der Waals surface area contributed by atoms with Crippen molar-refractivity contribution in [2.75, 3.05) is 25.0 Å². The van der Waals surface area contributed by atoms with E-state index in [1.54, 1.807) is 0 Å². The van der Waals surface area contributed by atoms with Gasteiger partial charge < -0.3 is 15.3 Å². The molecule has 0 radical (unpaired) electrons. The number of hydrogen-bond acceptors (Lipinski definition) is 2. The number of halogens is 1. The lowest BCUT2D eigenvalue weighted by molar-refractivity contribution is 0.134. The molecule has 2 aliphatic rings. The summed E-state index contributed by atoms with van der Waals surface area (Å²) in [4.78, 5) is 6.65. The first-order chi connectivity index (χ1) is 9.79.